The van der Waals surface area contributed by atoms with Crippen molar-refractivity contribution in [3.8, 4) is 11.3 Å². The zero-order valence-corrected chi connectivity index (χ0v) is 20.0. The van der Waals surface area contributed by atoms with Gasteiger partial charge in [-0.3, -0.25) is 4.79 Å². The van der Waals surface area contributed by atoms with Crippen molar-refractivity contribution in [3.63, 3.8) is 0 Å². The number of hydrogen-bond donors (Lipinski definition) is 3. The quantitative estimate of drug-likeness (QED) is 0.314. The van der Waals surface area contributed by atoms with E-state index in [2.05, 4.69) is 30.8 Å². The maximum atomic E-state index is 13.1. The molecule has 0 fully saturated rings. The number of amides is 1. The SMILES string of the molecule is CN(C)CCNC(C(=O)Nc1ccc(-c2ccnc(Nc3ccccc3)n2)cc1)c1ccccc1. The lowest BCUT2D eigenvalue weighted by Gasteiger charge is -2.20. The highest BCUT2D eigenvalue weighted by atomic mass is 16.2. The second-order valence-electron chi connectivity index (χ2n) is 8.42. The molecule has 4 aromatic rings. The molecule has 1 atom stereocenters. The van der Waals surface area contributed by atoms with Crippen LogP contribution in [0.2, 0.25) is 0 Å². The highest BCUT2D eigenvalue weighted by Gasteiger charge is 2.20. The van der Waals surface area contributed by atoms with E-state index in [1.807, 2.05) is 105 Å². The van der Waals surface area contributed by atoms with Crippen LogP contribution in [0.3, 0.4) is 0 Å². The fourth-order valence-corrected chi connectivity index (χ4v) is 3.61. The Bertz CT molecular complexity index is 1210. The van der Waals surface area contributed by atoms with Crippen molar-refractivity contribution in [2.24, 2.45) is 0 Å². The van der Waals surface area contributed by atoms with Gasteiger partial charge >= 0.3 is 0 Å². The Labute approximate surface area is 206 Å². The molecule has 0 saturated carbocycles. The first-order valence-electron chi connectivity index (χ1n) is 11.6. The summed E-state index contributed by atoms with van der Waals surface area (Å²) < 4.78 is 0. The molecule has 1 amide bonds. The molecule has 3 N–H and O–H groups in total. The summed E-state index contributed by atoms with van der Waals surface area (Å²) in [5, 5.41) is 9.63. The van der Waals surface area contributed by atoms with Gasteiger partial charge in [0.25, 0.3) is 0 Å². The fraction of sp³-hybridized carbons (Fsp3) is 0.179. The van der Waals surface area contributed by atoms with Gasteiger partial charge in [-0.05, 0) is 50.0 Å². The third-order valence-electron chi connectivity index (χ3n) is 5.44. The van der Waals surface area contributed by atoms with Gasteiger partial charge in [-0.1, -0.05) is 60.7 Å². The van der Waals surface area contributed by atoms with Crippen LogP contribution in [0.5, 0.6) is 0 Å². The number of nitrogens with one attached hydrogen (secondary N) is 3. The number of nitrogens with zero attached hydrogens (tertiary/aromatic N) is 3. The third kappa shape index (κ3) is 6.96. The molecule has 0 spiro atoms. The van der Waals surface area contributed by atoms with E-state index >= 15 is 0 Å². The lowest BCUT2D eigenvalue weighted by Crippen LogP contribution is -2.36. The van der Waals surface area contributed by atoms with Crippen LogP contribution in [-0.4, -0.2) is 48.0 Å². The highest BCUT2D eigenvalue weighted by molar-refractivity contribution is 5.95. The van der Waals surface area contributed by atoms with Crippen LogP contribution in [0.1, 0.15) is 11.6 Å². The number of likely N-dealkylation sites (N-methyl/N-ethyl adjacent to an activating group) is 1. The molecule has 0 aliphatic rings. The summed E-state index contributed by atoms with van der Waals surface area (Å²) in [7, 11) is 4.03. The number of rotatable bonds is 10. The van der Waals surface area contributed by atoms with E-state index in [0.717, 1.165) is 34.7 Å². The van der Waals surface area contributed by atoms with Crippen molar-refractivity contribution in [1.29, 1.82) is 0 Å². The largest absolute Gasteiger partial charge is 0.324 e. The predicted octanol–water partition coefficient (Wildman–Crippen LogP) is 4.72. The average Bonchev–Trinajstić information content (AvgIpc) is 2.88. The average molecular weight is 467 g/mol. The van der Waals surface area contributed by atoms with Gasteiger partial charge in [-0.15, -0.1) is 0 Å². The maximum absolute atomic E-state index is 13.1. The first-order chi connectivity index (χ1) is 17.1. The molecule has 3 aromatic carbocycles. The lowest BCUT2D eigenvalue weighted by atomic mass is 10.1. The van der Waals surface area contributed by atoms with E-state index in [-0.39, 0.29) is 5.91 Å². The minimum absolute atomic E-state index is 0.0981. The van der Waals surface area contributed by atoms with Crippen LogP contribution < -0.4 is 16.0 Å². The predicted molar refractivity (Wildman–Crippen MR) is 142 cm³/mol. The summed E-state index contributed by atoms with van der Waals surface area (Å²) in [5.74, 6) is 0.430. The fourth-order valence-electron chi connectivity index (χ4n) is 3.61. The van der Waals surface area contributed by atoms with Crippen molar-refractivity contribution >= 4 is 23.2 Å². The summed E-state index contributed by atoms with van der Waals surface area (Å²) in [6.45, 7) is 1.54. The summed E-state index contributed by atoms with van der Waals surface area (Å²) in [6, 6.07) is 28.7. The normalized spacial score (nSPS) is 11.7. The standard InChI is InChI=1S/C28H30N6O/c1-34(2)20-19-29-26(22-9-5-3-6-10-22)27(35)31-24-15-13-21(14-16-24)25-17-18-30-28(33-25)32-23-11-7-4-8-12-23/h3-18,26,29H,19-20H2,1-2H3,(H,31,35)(H,30,32,33). The number of benzene rings is 3. The summed E-state index contributed by atoms with van der Waals surface area (Å²) >= 11 is 0. The number of carbonyl (C=O) groups excluding carboxylic acids is 1. The molecule has 4 rings (SSSR count). The number of hydrogen-bond acceptors (Lipinski definition) is 6. The monoisotopic (exact) mass is 466 g/mol. The molecular weight excluding hydrogens is 436 g/mol. The Kier molecular flexibility index (Phi) is 8.17. The molecule has 0 radical (unpaired) electrons. The summed E-state index contributed by atoms with van der Waals surface area (Å²) in [5.41, 5.74) is 4.31. The molecule has 0 aliphatic carbocycles. The van der Waals surface area contributed by atoms with E-state index < -0.39 is 6.04 Å². The second-order valence-corrected chi connectivity index (χ2v) is 8.42. The zero-order valence-electron chi connectivity index (χ0n) is 20.0. The Morgan fingerprint density at radius 1 is 0.857 bits per heavy atom. The van der Waals surface area contributed by atoms with E-state index in [1.54, 1.807) is 6.20 Å². The maximum Gasteiger partial charge on any atom is 0.246 e. The van der Waals surface area contributed by atoms with E-state index in [1.165, 1.54) is 0 Å². The van der Waals surface area contributed by atoms with Crippen LogP contribution in [0.4, 0.5) is 17.3 Å². The summed E-state index contributed by atoms with van der Waals surface area (Å²) in [4.78, 5) is 24.2. The van der Waals surface area contributed by atoms with Gasteiger partial charge in [0.1, 0.15) is 6.04 Å². The van der Waals surface area contributed by atoms with Gasteiger partial charge in [0.15, 0.2) is 0 Å². The Hall–Kier alpha value is -4.07. The molecular formula is C28H30N6O. The van der Waals surface area contributed by atoms with Crippen molar-refractivity contribution in [2.45, 2.75) is 6.04 Å². The van der Waals surface area contributed by atoms with Gasteiger partial charge in [0.2, 0.25) is 11.9 Å². The van der Waals surface area contributed by atoms with Crippen molar-refractivity contribution in [2.75, 3.05) is 37.8 Å². The van der Waals surface area contributed by atoms with Gasteiger partial charge in [-0.25, -0.2) is 9.97 Å². The van der Waals surface area contributed by atoms with E-state index in [9.17, 15) is 4.79 Å². The summed E-state index contributed by atoms with van der Waals surface area (Å²) in [6.07, 6.45) is 1.73. The molecule has 0 saturated heterocycles. The Morgan fingerprint density at radius 2 is 1.54 bits per heavy atom. The first kappa shape index (κ1) is 24.1. The highest BCUT2D eigenvalue weighted by Crippen LogP contribution is 2.22. The first-order valence-corrected chi connectivity index (χ1v) is 11.6. The molecule has 0 aliphatic heterocycles. The lowest BCUT2D eigenvalue weighted by molar-refractivity contribution is -0.118. The smallest absolute Gasteiger partial charge is 0.246 e. The molecule has 35 heavy (non-hydrogen) atoms. The molecule has 1 aromatic heterocycles. The second kappa shape index (κ2) is 11.9. The molecule has 178 valence electrons. The number of carbonyl (C=O) groups is 1. The minimum Gasteiger partial charge on any atom is -0.324 e. The molecule has 1 heterocycles. The molecule has 7 heteroatoms. The number of anilines is 3. The van der Waals surface area contributed by atoms with E-state index in [0.29, 0.717) is 12.5 Å². The van der Waals surface area contributed by atoms with Crippen molar-refractivity contribution < 1.29 is 4.79 Å². The molecule has 0 bridgehead atoms. The topological polar surface area (TPSA) is 82.2 Å². The zero-order chi connectivity index (χ0) is 24.5. The van der Waals surface area contributed by atoms with Crippen molar-refractivity contribution in [1.82, 2.24) is 20.2 Å². The number of aromatic nitrogens is 2. The van der Waals surface area contributed by atoms with Crippen LogP contribution >= 0.6 is 0 Å². The van der Waals surface area contributed by atoms with Gasteiger partial charge in [0.05, 0.1) is 5.69 Å². The van der Waals surface area contributed by atoms with E-state index in [4.69, 9.17) is 0 Å². The molecule has 1 unspecified atom stereocenters. The van der Waals surface area contributed by atoms with Gasteiger partial charge < -0.3 is 20.9 Å². The third-order valence-corrected chi connectivity index (χ3v) is 5.44. The van der Waals surface area contributed by atoms with Crippen molar-refractivity contribution in [3.05, 3.63) is 103 Å². The van der Waals surface area contributed by atoms with Crippen LogP contribution in [-0.2, 0) is 4.79 Å². The van der Waals surface area contributed by atoms with Crippen LogP contribution in [0, 0.1) is 0 Å². The van der Waals surface area contributed by atoms with Gasteiger partial charge in [-0.2, -0.15) is 0 Å². The van der Waals surface area contributed by atoms with Gasteiger partial charge in [0, 0.05) is 36.2 Å². The molecule has 7 nitrogen and oxygen atoms in total. The number of para-hydroxylation sites is 1. The Balaban J connectivity index is 1.44. The van der Waals surface area contributed by atoms with Crippen LogP contribution in [0.25, 0.3) is 11.3 Å². The Morgan fingerprint density at radius 3 is 2.23 bits per heavy atom. The minimum atomic E-state index is -0.440. The van der Waals surface area contributed by atoms with Crippen LogP contribution in [0.15, 0.2) is 97.2 Å².